The van der Waals surface area contributed by atoms with Crippen molar-refractivity contribution in [2.45, 2.75) is 0 Å². The Bertz CT molecular complexity index is 596. The molecule has 0 fully saturated rings. The summed E-state index contributed by atoms with van der Waals surface area (Å²) in [5.74, 6) is -2.05. The summed E-state index contributed by atoms with van der Waals surface area (Å²) < 4.78 is 0. The van der Waals surface area contributed by atoms with Crippen LogP contribution < -0.4 is 0 Å². The topological polar surface area (TPSA) is 74.6 Å². The summed E-state index contributed by atoms with van der Waals surface area (Å²) in [5.41, 5.74) is 0.324. The van der Waals surface area contributed by atoms with Crippen LogP contribution in [0.1, 0.15) is 20.7 Å². The number of hydrogen-bond acceptors (Lipinski definition) is 2. The van der Waals surface area contributed by atoms with Crippen molar-refractivity contribution in [3.8, 4) is 0 Å². The lowest BCUT2D eigenvalue weighted by Crippen LogP contribution is -1.99. The molecule has 0 bridgehead atoms. The van der Waals surface area contributed by atoms with Crippen LogP contribution in [0.3, 0.4) is 0 Å². The zero-order valence-corrected chi connectivity index (χ0v) is 10.6. The molecule has 2 aromatic rings. The van der Waals surface area contributed by atoms with Crippen molar-refractivity contribution in [1.82, 2.24) is 0 Å². The summed E-state index contributed by atoms with van der Waals surface area (Å²) >= 11 is 0. The molecule has 6 heteroatoms. The van der Waals surface area contributed by atoms with Crippen LogP contribution in [0.4, 0.5) is 0 Å². The van der Waals surface area contributed by atoms with Gasteiger partial charge in [-0.15, -0.1) is 24.8 Å². The minimum absolute atomic E-state index is 0. The molecule has 2 rings (SSSR count). The van der Waals surface area contributed by atoms with Crippen LogP contribution in [0.2, 0.25) is 0 Å². The van der Waals surface area contributed by atoms with Crippen molar-refractivity contribution >= 4 is 47.5 Å². The molecule has 18 heavy (non-hydrogen) atoms. The Hall–Kier alpha value is -1.78. The maximum atomic E-state index is 10.9. The molecule has 0 heterocycles. The Balaban J connectivity index is 0.00000144. The molecule has 0 aliphatic carbocycles. The Morgan fingerprint density at radius 3 is 2.11 bits per heavy atom. The molecule has 96 valence electrons. The third-order valence-corrected chi connectivity index (χ3v) is 2.36. The largest absolute Gasteiger partial charge is 0.478 e. The predicted molar refractivity (Wildman–Crippen MR) is 72.4 cm³/mol. The highest BCUT2D eigenvalue weighted by Gasteiger charge is 2.09. The van der Waals surface area contributed by atoms with Crippen LogP contribution >= 0.6 is 24.8 Å². The van der Waals surface area contributed by atoms with E-state index in [1.54, 1.807) is 12.1 Å². The van der Waals surface area contributed by atoms with Crippen molar-refractivity contribution in [1.29, 1.82) is 0 Å². The standard InChI is InChI=1S/C12H8O4.2ClH/c13-11(14)8-4-5-9-7(6-8)2-1-3-10(9)12(15)16;;/h1-6H,(H,13,14)(H,15,16);2*1H. The van der Waals surface area contributed by atoms with Crippen molar-refractivity contribution in [2.75, 3.05) is 0 Å². The molecule has 4 nitrogen and oxygen atoms in total. The van der Waals surface area contributed by atoms with Gasteiger partial charge in [0.15, 0.2) is 0 Å². The van der Waals surface area contributed by atoms with Gasteiger partial charge in [-0.3, -0.25) is 0 Å². The highest BCUT2D eigenvalue weighted by Crippen LogP contribution is 2.20. The normalized spacial score (nSPS) is 9.11. The molecule has 0 amide bonds. The van der Waals surface area contributed by atoms with Gasteiger partial charge in [0, 0.05) is 0 Å². The molecular weight excluding hydrogens is 279 g/mol. The number of aromatic carboxylic acids is 2. The molecule has 0 saturated heterocycles. The summed E-state index contributed by atoms with van der Waals surface area (Å²) in [7, 11) is 0. The minimum Gasteiger partial charge on any atom is -0.478 e. The summed E-state index contributed by atoms with van der Waals surface area (Å²) in [5, 5.41) is 18.9. The molecule has 2 aromatic carbocycles. The second-order valence-electron chi connectivity index (χ2n) is 3.35. The van der Waals surface area contributed by atoms with Gasteiger partial charge < -0.3 is 10.2 Å². The maximum absolute atomic E-state index is 10.9. The van der Waals surface area contributed by atoms with Gasteiger partial charge in [-0.25, -0.2) is 9.59 Å². The summed E-state index contributed by atoms with van der Waals surface area (Å²) in [4.78, 5) is 21.7. The van der Waals surface area contributed by atoms with Crippen LogP contribution in [0.5, 0.6) is 0 Å². The monoisotopic (exact) mass is 288 g/mol. The van der Waals surface area contributed by atoms with Crippen LogP contribution in [0.15, 0.2) is 36.4 Å². The molecule has 0 aromatic heterocycles. The molecule has 0 aliphatic rings. The summed E-state index contributed by atoms with van der Waals surface area (Å²) in [6, 6.07) is 9.15. The van der Waals surface area contributed by atoms with Crippen LogP contribution in [-0.2, 0) is 0 Å². The van der Waals surface area contributed by atoms with Crippen LogP contribution in [0.25, 0.3) is 10.8 Å². The van der Waals surface area contributed by atoms with E-state index in [0.717, 1.165) is 0 Å². The molecule has 0 spiro atoms. The van der Waals surface area contributed by atoms with Crippen molar-refractivity contribution < 1.29 is 19.8 Å². The lowest BCUT2D eigenvalue weighted by Gasteiger charge is -2.03. The molecule has 0 atom stereocenters. The summed E-state index contributed by atoms with van der Waals surface area (Å²) in [6.45, 7) is 0. The first-order valence-corrected chi connectivity index (χ1v) is 4.59. The quantitative estimate of drug-likeness (QED) is 0.891. The van der Waals surface area contributed by atoms with Gasteiger partial charge >= 0.3 is 11.9 Å². The maximum Gasteiger partial charge on any atom is 0.336 e. The fourth-order valence-electron chi connectivity index (χ4n) is 1.60. The molecule has 2 N–H and O–H groups in total. The molecule has 0 aliphatic heterocycles. The van der Waals surface area contributed by atoms with E-state index in [2.05, 4.69) is 0 Å². The smallest absolute Gasteiger partial charge is 0.336 e. The highest BCUT2D eigenvalue weighted by atomic mass is 35.5. The van der Waals surface area contributed by atoms with E-state index in [1.807, 2.05) is 0 Å². The number of halogens is 2. The lowest BCUT2D eigenvalue weighted by atomic mass is 10.0. The third-order valence-electron chi connectivity index (χ3n) is 2.36. The number of benzene rings is 2. The first-order chi connectivity index (χ1) is 7.59. The van der Waals surface area contributed by atoms with Gasteiger partial charge in [-0.05, 0) is 29.0 Å². The van der Waals surface area contributed by atoms with E-state index in [9.17, 15) is 9.59 Å². The average molecular weight is 289 g/mol. The van der Waals surface area contributed by atoms with Crippen molar-refractivity contribution in [2.24, 2.45) is 0 Å². The zero-order chi connectivity index (χ0) is 11.7. The molecule has 0 radical (unpaired) electrons. The number of carboxylic acids is 2. The fourth-order valence-corrected chi connectivity index (χ4v) is 1.60. The Labute approximate surface area is 115 Å². The number of hydrogen-bond donors (Lipinski definition) is 2. The van der Waals surface area contributed by atoms with Gasteiger partial charge in [0.2, 0.25) is 0 Å². The Morgan fingerprint density at radius 1 is 0.889 bits per heavy atom. The van der Waals surface area contributed by atoms with E-state index in [4.69, 9.17) is 10.2 Å². The second-order valence-corrected chi connectivity index (χ2v) is 3.35. The van der Waals surface area contributed by atoms with E-state index in [0.29, 0.717) is 10.8 Å². The first kappa shape index (κ1) is 16.2. The Morgan fingerprint density at radius 2 is 1.56 bits per heavy atom. The number of carbonyl (C=O) groups is 2. The van der Waals surface area contributed by atoms with Gasteiger partial charge in [0.05, 0.1) is 11.1 Å². The van der Waals surface area contributed by atoms with Crippen molar-refractivity contribution in [3.63, 3.8) is 0 Å². The van der Waals surface area contributed by atoms with E-state index >= 15 is 0 Å². The Kier molecular flexibility index (Phi) is 5.62. The SMILES string of the molecule is Cl.Cl.O=C(O)c1ccc2c(C(=O)O)cccc2c1. The molecule has 0 unspecified atom stereocenters. The average Bonchev–Trinajstić information content (AvgIpc) is 2.27. The minimum atomic E-state index is -1.03. The zero-order valence-electron chi connectivity index (χ0n) is 8.99. The van der Waals surface area contributed by atoms with Gasteiger partial charge in [-0.1, -0.05) is 18.2 Å². The summed E-state index contributed by atoms with van der Waals surface area (Å²) in [6.07, 6.45) is 0. The van der Waals surface area contributed by atoms with Gasteiger partial charge in [0.1, 0.15) is 0 Å². The van der Waals surface area contributed by atoms with Gasteiger partial charge in [-0.2, -0.15) is 0 Å². The predicted octanol–water partition coefficient (Wildman–Crippen LogP) is 3.08. The van der Waals surface area contributed by atoms with E-state index in [-0.39, 0.29) is 35.9 Å². The third kappa shape index (κ3) is 2.91. The van der Waals surface area contributed by atoms with Crippen molar-refractivity contribution in [3.05, 3.63) is 47.5 Å². The highest BCUT2D eigenvalue weighted by molar-refractivity contribution is 6.05. The number of rotatable bonds is 2. The van der Waals surface area contributed by atoms with E-state index < -0.39 is 11.9 Å². The van der Waals surface area contributed by atoms with Crippen LogP contribution in [0, 0.1) is 0 Å². The first-order valence-electron chi connectivity index (χ1n) is 4.59. The van der Waals surface area contributed by atoms with Gasteiger partial charge in [0.25, 0.3) is 0 Å². The number of carboxylic acid groups (broad SMARTS) is 2. The van der Waals surface area contributed by atoms with E-state index in [1.165, 1.54) is 24.3 Å². The lowest BCUT2D eigenvalue weighted by molar-refractivity contribution is 0.0688. The number of fused-ring (bicyclic) bond motifs is 1. The molecular formula is C12H10Cl2O4. The molecule has 0 saturated carbocycles. The second kappa shape index (κ2) is 6.23. The van der Waals surface area contributed by atoms with Crippen LogP contribution in [-0.4, -0.2) is 22.2 Å². The fraction of sp³-hybridized carbons (Fsp3) is 0.